The highest BCUT2D eigenvalue weighted by Crippen LogP contribution is 2.46. The van der Waals surface area contributed by atoms with Crippen LogP contribution in [0.1, 0.15) is 48.8 Å². The van der Waals surface area contributed by atoms with Crippen LogP contribution in [0.5, 0.6) is 0 Å². The van der Waals surface area contributed by atoms with Crippen LogP contribution >= 0.6 is 15.9 Å². The maximum Gasteiger partial charge on any atom is 0.232 e. The lowest BCUT2D eigenvalue weighted by Crippen LogP contribution is -2.29. The van der Waals surface area contributed by atoms with E-state index in [2.05, 4.69) is 74.9 Å². The first kappa shape index (κ1) is 21.6. The maximum atomic E-state index is 13.0. The zero-order valence-electron chi connectivity index (χ0n) is 17.8. The summed E-state index contributed by atoms with van der Waals surface area (Å²) in [6, 6.07) is 18.8. The van der Waals surface area contributed by atoms with Gasteiger partial charge in [0.1, 0.15) is 4.60 Å². The van der Waals surface area contributed by atoms with E-state index in [0.29, 0.717) is 6.54 Å². The number of hydrogen-bond acceptors (Lipinski definition) is 3. The van der Waals surface area contributed by atoms with E-state index in [-0.39, 0.29) is 11.8 Å². The van der Waals surface area contributed by atoms with Crippen molar-refractivity contribution in [2.24, 2.45) is 0 Å². The van der Waals surface area contributed by atoms with Crippen LogP contribution in [0.4, 0.5) is 5.69 Å². The summed E-state index contributed by atoms with van der Waals surface area (Å²) in [5.41, 5.74) is 7.12. The number of nitrogens with one attached hydrogen (secondary N) is 2. The average molecular weight is 478 g/mol. The van der Waals surface area contributed by atoms with Crippen LogP contribution < -0.4 is 10.6 Å². The molecule has 2 aromatic carbocycles. The predicted octanol–water partition coefficient (Wildman–Crippen LogP) is 5.92. The summed E-state index contributed by atoms with van der Waals surface area (Å²) in [4.78, 5) is 17.2. The quantitative estimate of drug-likeness (QED) is 0.297. The van der Waals surface area contributed by atoms with Crippen molar-refractivity contribution in [2.75, 3.05) is 18.4 Å². The second-order valence-corrected chi connectivity index (χ2v) is 8.76. The van der Waals surface area contributed by atoms with Crippen LogP contribution in [0.3, 0.4) is 0 Å². The maximum absolute atomic E-state index is 13.0. The fraction of sp³-hybridized carbons (Fsp3) is 0.308. The SMILES string of the molecule is CCCNC(=O)C1c2ccccc2-c2c(CCCCNc3ccc(Br)nc3)cccc21. The summed E-state index contributed by atoms with van der Waals surface area (Å²) in [5, 5.41) is 6.53. The minimum Gasteiger partial charge on any atom is -0.384 e. The molecule has 5 heteroatoms. The predicted molar refractivity (Wildman–Crippen MR) is 130 cm³/mol. The van der Waals surface area contributed by atoms with E-state index in [0.717, 1.165) is 53.6 Å². The van der Waals surface area contributed by atoms with Gasteiger partial charge >= 0.3 is 0 Å². The largest absolute Gasteiger partial charge is 0.384 e. The van der Waals surface area contributed by atoms with Gasteiger partial charge in [-0.3, -0.25) is 4.79 Å². The van der Waals surface area contributed by atoms with Gasteiger partial charge in [-0.1, -0.05) is 49.4 Å². The standard InChI is InChI=1S/C26H28BrN3O/c1-2-15-29-26(31)25-21-11-4-3-10-20(21)24-18(9-7-12-22(24)25)8-5-6-16-28-19-13-14-23(27)30-17-19/h3-4,7,9-14,17,25,28H,2,5-6,8,15-16H2,1H3,(H,29,31). The van der Waals surface area contributed by atoms with Crippen molar-refractivity contribution in [1.82, 2.24) is 10.3 Å². The van der Waals surface area contributed by atoms with Gasteiger partial charge in [-0.05, 0) is 81.6 Å². The van der Waals surface area contributed by atoms with E-state index >= 15 is 0 Å². The molecule has 1 heterocycles. The second-order valence-electron chi connectivity index (χ2n) is 7.95. The monoisotopic (exact) mass is 477 g/mol. The van der Waals surface area contributed by atoms with E-state index in [9.17, 15) is 4.79 Å². The van der Waals surface area contributed by atoms with Crippen molar-refractivity contribution in [3.8, 4) is 11.1 Å². The van der Waals surface area contributed by atoms with Crippen LogP contribution in [-0.4, -0.2) is 24.0 Å². The zero-order valence-corrected chi connectivity index (χ0v) is 19.4. The number of hydrogen-bond donors (Lipinski definition) is 2. The lowest BCUT2D eigenvalue weighted by atomic mass is 9.93. The van der Waals surface area contributed by atoms with Crippen molar-refractivity contribution < 1.29 is 4.79 Å². The lowest BCUT2D eigenvalue weighted by molar-refractivity contribution is -0.121. The highest BCUT2D eigenvalue weighted by atomic mass is 79.9. The molecular weight excluding hydrogens is 450 g/mol. The van der Waals surface area contributed by atoms with Gasteiger partial charge in [-0.2, -0.15) is 0 Å². The number of nitrogens with zero attached hydrogens (tertiary/aromatic N) is 1. The lowest BCUT2D eigenvalue weighted by Gasteiger charge is -2.14. The van der Waals surface area contributed by atoms with Crippen LogP contribution in [-0.2, 0) is 11.2 Å². The summed E-state index contributed by atoms with van der Waals surface area (Å²) in [6.07, 6.45) is 5.94. The Balaban J connectivity index is 1.46. The Hall–Kier alpha value is -2.66. The summed E-state index contributed by atoms with van der Waals surface area (Å²) in [7, 11) is 0. The zero-order chi connectivity index (χ0) is 21.6. The molecule has 4 nitrogen and oxygen atoms in total. The van der Waals surface area contributed by atoms with Gasteiger partial charge in [0.05, 0.1) is 17.8 Å². The molecule has 1 unspecified atom stereocenters. The Labute approximate surface area is 192 Å². The Bertz CT molecular complexity index is 1050. The van der Waals surface area contributed by atoms with Crippen molar-refractivity contribution in [3.05, 3.63) is 82.1 Å². The van der Waals surface area contributed by atoms with E-state index in [1.165, 1.54) is 16.7 Å². The Morgan fingerprint density at radius 1 is 1.00 bits per heavy atom. The first-order valence-electron chi connectivity index (χ1n) is 11.0. The van der Waals surface area contributed by atoms with E-state index < -0.39 is 0 Å². The number of rotatable bonds is 9. The van der Waals surface area contributed by atoms with Gasteiger partial charge in [0.2, 0.25) is 5.91 Å². The molecule has 4 rings (SSSR count). The number of anilines is 1. The molecule has 1 aliphatic carbocycles. The first-order chi connectivity index (χ1) is 15.2. The van der Waals surface area contributed by atoms with Crippen LogP contribution in [0, 0.1) is 0 Å². The molecule has 1 aromatic heterocycles. The molecule has 0 aliphatic heterocycles. The third-order valence-electron chi connectivity index (χ3n) is 5.78. The normalized spacial score (nSPS) is 14.1. The fourth-order valence-corrected chi connectivity index (χ4v) is 4.56. The molecule has 0 radical (unpaired) electrons. The smallest absolute Gasteiger partial charge is 0.232 e. The summed E-state index contributed by atoms with van der Waals surface area (Å²) in [6.45, 7) is 3.71. The van der Waals surface area contributed by atoms with Gasteiger partial charge < -0.3 is 10.6 Å². The molecule has 0 saturated carbocycles. The van der Waals surface area contributed by atoms with Gasteiger partial charge in [0, 0.05) is 13.1 Å². The van der Waals surface area contributed by atoms with E-state index in [4.69, 9.17) is 0 Å². The van der Waals surface area contributed by atoms with E-state index in [1.54, 1.807) is 0 Å². The number of halogens is 1. The van der Waals surface area contributed by atoms with Gasteiger partial charge in [0.15, 0.2) is 0 Å². The van der Waals surface area contributed by atoms with Crippen molar-refractivity contribution in [1.29, 1.82) is 0 Å². The minimum atomic E-state index is -0.204. The number of fused-ring (bicyclic) bond motifs is 3. The van der Waals surface area contributed by atoms with Crippen LogP contribution in [0.15, 0.2) is 65.4 Å². The molecule has 1 aliphatic rings. The number of aryl methyl sites for hydroxylation is 1. The Morgan fingerprint density at radius 3 is 2.65 bits per heavy atom. The number of amides is 1. The van der Waals surface area contributed by atoms with Crippen molar-refractivity contribution >= 4 is 27.5 Å². The number of benzene rings is 2. The van der Waals surface area contributed by atoms with E-state index in [1.807, 2.05) is 24.4 Å². The number of carbonyl (C=O) groups excluding carboxylic acids is 1. The Kier molecular flexibility index (Phi) is 7.03. The molecule has 31 heavy (non-hydrogen) atoms. The second kappa shape index (κ2) is 10.1. The number of unbranched alkanes of at least 4 members (excludes halogenated alkanes) is 1. The molecular formula is C26H28BrN3O. The summed E-state index contributed by atoms with van der Waals surface area (Å²) >= 11 is 3.36. The fourth-order valence-electron chi connectivity index (χ4n) is 4.33. The molecule has 1 amide bonds. The summed E-state index contributed by atoms with van der Waals surface area (Å²) < 4.78 is 0.845. The molecule has 0 fully saturated rings. The van der Waals surface area contributed by atoms with Crippen LogP contribution in [0.2, 0.25) is 0 Å². The third-order valence-corrected chi connectivity index (χ3v) is 6.25. The highest BCUT2D eigenvalue weighted by Gasteiger charge is 2.34. The molecule has 0 saturated heterocycles. The summed E-state index contributed by atoms with van der Waals surface area (Å²) in [5.74, 6) is -0.0956. The molecule has 0 spiro atoms. The Morgan fingerprint density at radius 2 is 1.84 bits per heavy atom. The van der Waals surface area contributed by atoms with Crippen molar-refractivity contribution in [2.45, 2.75) is 38.5 Å². The number of carbonyl (C=O) groups is 1. The van der Waals surface area contributed by atoms with Crippen LogP contribution in [0.25, 0.3) is 11.1 Å². The molecule has 160 valence electrons. The van der Waals surface area contributed by atoms with Gasteiger partial charge in [-0.25, -0.2) is 4.98 Å². The molecule has 2 N–H and O–H groups in total. The van der Waals surface area contributed by atoms with Crippen molar-refractivity contribution in [3.63, 3.8) is 0 Å². The topological polar surface area (TPSA) is 54.0 Å². The van der Waals surface area contributed by atoms with Gasteiger partial charge in [-0.15, -0.1) is 0 Å². The number of aromatic nitrogens is 1. The third kappa shape index (κ3) is 4.82. The molecule has 0 bridgehead atoms. The average Bonchev–Trinajstić information content (AvgIpc) is 3.13. The molecule has 1 atom stereocenters. The number of pyridine rings is 1. The minimum absolute atomic E-state index is 0.109. The molecule has 3 aromatic rings. The highest BCUT2D eigenvalue weighted by molar-refractivity contribution is 9.10. The first-order valence-corrected chi connectivity index (χ1v) is 11.8. The van der Waals surface area contributed by atoms with Gasteiger partial charge in [0.25, 0.3) is 0 Å².